The van der Waals surface area contributed by atoms with Crippen molar-refractivity contribution in [1.29, 1.82) is 0 Å². The number of halogens is 2. The normalized spacial score (nSPS) is 17.8. The number of allylic oxidation sites excluding steroid dienone is 2. The highest BCUT2D eigenvalue weighted by Gasteiger charge is 2.25. The molecule has 3 N–H and O–H groups in total. The third-order valence-corrected chi connectivity index (χ3v) is 4.10. The zero-order valence-electron chi connectivity index (χ0n) is 13.0. The molecule has 6 nitrogen and oxygen atoms in total. The Kier molecular flexibility index (Phi) is 6.20. The molecule has 0 aliphatic carbocycles. The summed E-state index contributed by atoms with van der Waals surface area (Å²) < 4.78 is 1.68. The first-order chi connectivity index (χ1) is 10.9. The molecule has 124 valence electrons. The first kappa shape index (κ1) is 18.0. The van der Waals surface area contributed by atoms with E-state index in [9.17, 15) is 4.79 Å². The highest BCUT2D eigenvalue weighted by atomic mass is 79.9. The summed E-state index contributed by atoms with van der Waals surface area (Å²) in [7, 11) is 3.86. The lowest BCUT2D eigenvalue weighted by molar-refractivity contribution is -0.121. The standard InChI is InChI=1S/C15H19Br2N5O/c1-21(2)4-3-14(23)20-15-13(18)6-11(17)9-22(15)12-5-10(16)7-19-8-12/h5-9,15H,3-4,18H2,1-2H3,(H,20,23). The van der Waals surface area contributed by atoms with Crippen LogP contribution in [-0.2, 0) is 4.79 Å². The quantitative estimate of drug-likeness (QED) is 0.727. The molecule has 0 bridgehead atoms. The molecule has 0 radical (unpaired) electrons. The lowest BCUT2D eigenvalue weighted by atomic mass is 10.2. The molecule has 2 rings (SSSR count). The van der Waals surface area contributed by atoms with Gasteiger partial charge in [-0.15, -0.1) is 0 Å². The van der Waals surface area contributed by atoms with E-state index in [1.54, 1.807) is 18.5 Å². The van der Waals surface area contributed by atoms with Gasteiger partial charge in [-0.25, -0.2) is 0 Å². The van der Waals surface area contributed by atoms with Gasteiger partial charge in [0.05, 0.1) is 17.6 Å². The Morgan fingerprint density at radius 2 is 2.17 bits per heavy atom. The van der Waals surface area contributed by atoms with Gasteiger partial charge in [0, 0.05) is 34.3 Å². The molecule has 0 aromatic carbocycles. The molecule has 1 unspecified atom stereocenters. The van der Waals surface area contributed by atoms with Gasteiger partial charge in [0.15, 0.2) is 0 Å². The van der Waals surface area contributed by atoms with Gasteiger partial charge in [-0.3, -0.25) is 9.78 Å². The van der Waals surface area contributed by atoms with Crippen molar-refractivity contribution in [1.82, 2.24) is 15.2 Å². The third-order valence-electron chi connectivity index (χ3n) is 3.23. The number of amides is 1. The van der Waals surface area contributed by atoms with Crippen LogP contribution < -0.4 is 16.0 Å². The number of carbonyl (C=O) groups is 1. The largest absolute Gasteiger partial charge is 0.399 e. The van der Waals surface area contributed by atoms with E-state index in [1.807, 2.05) is 36.2 Å². The fraction of sp³-hybridized carbons (Fsp3) is 0.333. The Bertz CT molecular complexity index is 645. The molecule has 1 aliphatic heterocycles. The Hall–Kier alpha value is -1.38. The summed E-state index contributed by atoms with van der Waals surface area (Å²) in [6.07, 6.45) is 7.05. The van der Waals surface area contributed by atoms with E-state index in [4.69, 9.17) is 5.73 Å². The highest BCUT2D eigenvalue weighted by Crippen LogP contribution is 2.27. The topological polar surface area (TPSA) is 74.5 Å². The monoisotopic (exact) mass is 443 g/mol. The summed E-state index contributed by atoms with van der Waals surface area (Å²) in [5.74, 6) is -0.0561. The lowest BCUT2D eigenvalue weighted by Crippen LogP contribution is -2.50. The zero-order chi connectivity index (χ0) is 17.0. The van der Waals surface area contributed by atoms with Crippen LogP contribution in [-0.4, -0.2) is 42.6 Å². The number of aromatic nitrogens is 1. The van der Waals surface area contributed by atoms with Crippen LogP contribution >= 0.6 is 31.9 Å². The van der Waals surface area contributed by atoms with E-state index in [0.29, 0.717) is 18.7 Å². The van der Waals surface area contributed by atoms with Crippen LogP contribution in [0.5, 0.6) is 0 Å². The summed E-state index contributed by atoms with van der Waals surface area (Å²) in [5.41, 5.74) is 7.51. The van der Waals surface area contributed by atoms with Gasteiger partial charge < -0.3 is 20.9 Å². The van der Waals surface area contributed by atoms with Crippen molar-refractivity contribution < 1.29 is 4.79 Å². The Morgan fingerprint density at radius 1 is 1.43 bits per heavy atom. The number of nitrogens with one attached hydrogen (secondary N) is 1. The number of anilines is 1. The van der Waals surface area contributed by atoms with Crippen LogP contribution in [0.4, 0.5) is 5.69 Å². The minimum Gasteiger partial charge on any atom is -0.399 e. The fourth-order valence-corrected chi connectivity index (χ4v) is 2.95. The Labute approximate surface area is 152 Å². The smallest absolute Gasteiger partial charge is 0.223 e. The summed E-state index contributed by atoms with van der Waals surface area (Å²) in [5, 5.41) is 2.97. The number of rotatable bonds is 5. The average molecular weight is 445 g/mol. The van der Waals surface area contributed by atoms with Crippen molar-refractivity contribution in [3.63, 3.8) is 0 Å². The molecule has 0 spiro atoms. The molecule has 1 aromatic rings. The number of nitrogens with two attached hydrogens (primary N) is 1. The molecule has 1 aliphatic rings. The lowest BCUT2D eigenvalue weighted by Gasteiger charge is -2.34. The zero-order valence-corrected chi connectivity index (χ0v) is 16.1. The van der Waals surface area contributed by atoms with E-state index >= 15 is 0 Å². The molecule has 2 heterocycles. The van der Waals surface area contributed by atoms with Crippen LogP contribution in [0.2, 0.25) is 0 Å². The predicted molar refractivity (Wildman–Crippen MR) is 98.8 cm³/mol. The third kappa shape index (κ3) is 5.05. The van der Waals surface area contributed by atoms with Gasteiger partial charge >= 0.3 is 0 Å². The Balaban J connectivity index is 2.20. The highest BCUT2D eigenvalue weighted by molar-refractivity contribution is 9.12. The number of nitrogens with zero attached hydrogens (tertiary/aromatic N) is 3. The van der Waals surface area contributed by atoms with Crippen molar-refractivity contribution in [2.24, 2.45) is 5.73 Å². The van der Waals surface area contributed by atoms with Gasteiger partial charge in [0.1, 0.15) is 6.17 Å². The van der Waals surface area contributed by atoms with Gasteiger partial charge in [-0.05, 0) is 58.1 Å². The van der Waals surface area contributed by atoms with E-state index in [1.165, 1.54) is 0 Å². The molecule has 0 saturated heterocycles. The summed E-state index contributed by atoms with van der Waals surface area (Å²) in [6.45, 7) is 0.681. The predicted octanol–water partition coefficient (Wildman–Crippen LogP) is 2.14. The molecule has 23 heavy (non-hydrogen) atoms. The number of carbonyl (C=O) groups excluding carboxylic acids is 1. The van der Waals surface area contributed by atoms with Crippen molar-refractivity contribution in [3.05, 3.63) is 45.4 Å². The number of hydrogen-bond acceptors (Lipinski definition) is 5. The Morgan fingerprint density at radius 3 is 2.83 bits per heavy atom. The van der Waals surface area contributed by atoms with Crippen LogP contribution in [0.25, 0.3) is 0 Å². The van der Waals surface area contributed by atoms with E-state index in [-0.39, 0.29) is 5.91 Å². The maximum Gasteiger partial charge on any atom is 0.223 e. The molecular formula is C15H19Br2N5O. The average Bonchev–Trinajstić information content (AvgIpc) is 2.47. The minimum atomic E-state index is -0.443. The second-order valence-electron chi connectivity index (χ2n) is 5.45. The molecule has 1 aromatic heterocycles. The van der Waals surface area contributed by atoms with Gasteiger partial charge in [0.25, 0.3) is 0 Å². The molecule has 0 fully saturated rings. The maximum atomic E-state index is 12.2. The summed E-state index contributed by atoms with van der Waals surface area (Å²) in [4.78, 5) is 20.2. The van der Waals surface area contributed by atoms with Crippen LogP contribution in [0.3, 0.4) is 0 Å². The molecule has 8 heteroatoms. The van der Waals surface area contributed by atoms with E-state index in [0.717, 1.165) is 14.6 Å². The second kappa shape index (κ2) is 7.94. The maximum absolute atomic E-state index is 12.2. The van der Waals surface area contributed by atoms with E-state index in [2.05, 4.69) is 42.2 Å². The van der Waals surface area contributed by atoms with Crippen LogP contribution in [0, 0.1) is 0 Å². The van der Waals surface area contributed by atoms with Gasteiger partial charge in [-0.1, -0.05) is 0 Å². The van der Waals surface area contributed by atoms with Crippen LogP contribution in [0.1, 0.15) is 6.42 Å². The minimum absolute atomic E-state index is 0.0561. The summed E-state index contributed by atoms with van der Waals surface area (Å²) in [6, 6.07) is 1.92. The summed E-state index contributed by atoms with van der Waals surface area (Å²) >= 11 is 6.85. The van der Waals surface area contributed by atoms with Crippen molar-refractivity contribution in [2.75, 3.05) is 25.5 Å². The number of hydrogen-bond donors (Lipinski definition) is 2. The number of pyridine rings is 1. The first-order valence-electron chi connectivity index (χ1n) is 7.04. The van der Waals surface area contributed by atoms with Gasteiger partial charge in [-0.2, -0.15) is 0 Å². The molecule has 0 saturated carbocycles. The van der Waals surface area contributed by atoms with E-state index < -0.39 is 6.17 Å². The SMILES string of the molecule is CN(C)CCC(=O)NC1C(N)=CC(Br)=CN1c1cncc(Br)c1. The molecular weight excluding hydrogens is 426 g/mol. The molecule has 1 amide bonds. The van der Waals surface area contributed by atoms with Crippen molar-refractivity contribution in [3.8, 4) is 0 Å². The fourth-order valence-electron chi connectivity index (χ4n) is 2.11. The van der Waals surface area contributed by atoms with Crippen molar-refractivity contribution in [2.45, 2.75) is 12.6 Å². The molecule has 1 atom stereocenters. The van der Waals surface area contributed by atoms with Gasteiger partial charge in [0.2, 0.25) is 5.91 Å². The first-order valence-corrected chi connectivity index (χ1v) is 8.63. The van der Waals surface area contributed by atoms with Crippen LogP contribution in [0.15, 0.2) is 45.4 Å². The van der Waals surface area contributed by atoms with Crippen molar-refractivity contribution >= 4 is 43.5 Å². The second-order valence-corrected chi connectivity index (χ2v) is 7.28.